The molecule has 0 spiro atoms. The summed E-state index contributed by atoms with van der Waals surface area (Å²) in [6.07, 6.45) is 2.35. The van der Waals surface area contributed by atoms with E-state index in [1.807, 2.05) is 37.3 Å². The van der Waals surface area contributed by atoms with Gasteiger partial charge in [-0.1, -0.05) is 25.1 Å². The maximum absolute atomic E-state index is 12.2. The first-order valence-corrected chi connectivity index (χ1v) is 6.18. The van der Waals surface area contributed by atoms with E-state index in [0.29, 0.717) is 17.2 Å². The van der Waals surface area contributed by atoms with E-state index in [1.54, 1.807) is 0 Å². The van der Waals surface area contributed by atoms with Crippen molar-refractivity contribution in [2.24, 2.45) is 0 Å². The van der Waals surface area contributed by atoms with Crippen LogP contribution < -0.4 is 10.3 Å². The third kappa shape index (κ3) is 2.56. The van der Waals surface area contributed by atoms with Crippen molar-refractivity contribution in [2.75, 3.05) is 6.61 Å². The topological polar surface area (TPSA) is 44.1 Å². The van der Waals surface area contributed by atoms with Gasteiger partial charge < -0.3 is 4.74 Å². The van der Waals surface area contributed by atoms with Gasteiger partial charge in [0.05, 0.1) is 23.4 Å². The first-order valence-electron chi connectivity index (χ1n) is 5.73. The SMILES string of the molecule is CCCOc1c(S)cnn(-c2ccccc2)c1=O. The van der Waals surface area contributed by atoms with Gasteiger partial charge in [0.1, 0.15) is 0 Å². The molecule has 18 heavy (non-hydrogen) atoms. The number of hydrogen-bond donors (Lipinski definition) is 1. The molecule has 0 aliphatic carbocycles. The molecule has 94 valence electrons. The Morgan fingerprint density at radius 2 is 2.06 bits per heavy atom. The maximum atomic E-state index is 12.2. The van der Waals surface area contributed by atoms with E-state index in [2.05, 4.69) is 17.7 Å². The summed E-state index contributed by atoms with van der Waals surface area (Å²) in [4.78, 5) is 12.7. The van der Waals surface area contributed by atoms with Crippen molar-refractivity contribution in [3.8, 4) is 11.4 Å². The van der Waals surface area contributed by atoms with Crippen LogP contribution in [0.25, 0.3) is 5.69 Å². The fraction of sp³-hybridized carbons (Fsp3) is 0.231. The van der Waals surface area contributed by atoms with Crippen LogP contribution in [0.4, 0.5) is 0 Å². The number of thiol groups is 1. The van der Waals surface area contributed by atoms with Gasteiger partial charge in [-0.15, -0.1) is 12.6 Å². The van der Waals surface area contributed by atoms with E-state index in [4.69, 9.17) is 4.74 Å². The monoisotopic (exact) mass is 262 g/mol. The summed E-state index contributed by atoms with van der Waals surface area (Å²) in [7, 11) is 0. The summed E-state index contributed by atoms with van der Waals surface area (Å²) in [5, 5.41) is 4.06. The molecule has 1 aromatic carbocycles. The van der Waals surface area contributed by atoms with E-state index >= 15 is 0 Å². The summed E-state index contributed by atoms with van der Waals surface area (Å²) in [6, 6.07) is 9.22. The minimum Gasteiger partial charge on any atom is -0.487 e. The molecule has 0 fully saturated rings. The van der Waals surface area contributed by atoms with Gasteiger partial charge in [-0.3, -0.25) is 4.79 Å². The van der Waals surface area contributed by atoms with Crippen LogP contribution in [0.3, 0.4) is 0 Å². The molecule has 0 saturated carbocycles. The molecule has 0 aliphatic rings. The van der Waals surface area contributed by atoms with E-state index in [9.17, 15) is 4.79 Å². The van der Waals surface area contributed by atoms with Gasteiger partial charge in [0.25, 0.3) is 0 Å². The van der Waals surface area contributed by atoms with Crippen LogP contribution in [0, 0.1) is 0 Å². The second-order valence-electron chi connectivity index (χ2n) is 3.76. The lowest BCUT2D eigenvalue weighted by atomic mass is 10.3. The van der Waals surface area contributed by atoms with Gasteiger partial charge in [0.2, 0.25) is 5.75 Å². The number of para-hydroxylation sites is 1. The highest BCUT2D eigenvalue weighted by Gasteiger charge is 2.11. The number of nitrogens with zero attached hydrogens (tertiary/aromatic N) is 2. The fourth-order valence-corrected chi connectivity index (χ4v) is 1.73. The van der Waals surface area contributed by atoms with E-state index in [0.717, 1.165) is 6.42 Å². The van der Waals surface area contributed by atoms with E-state index in [1.165, 1.54) is 10.9 Å². The molecule has 0 radical (unpaired) electrons. The minimum absolute atomic E-state index is 0.249. The molecule has 4 nitrogen and oxygen atoms in total. The number of ether oxygens (including phenoxy) is 1. The largest absolute Gasteiger partial charge is 0.487 e. The molecule has 0 N–H and O–H groups in total. The van der Waals surface area contributed by atoms with E-state index < -0.39 is 0 Å². The number of benzene rings is 1. The molecule has 2 aromatic rings. The second kappa shape index (κ2) is 5.73. The van der Waals surface area contributed by atoms with Gasteiger partial charge in [0, 0.05) is 0 Å². The van der Waals surface area contributed by atoms with Gasteiger partial charge in [0.15, 0.2) is 0 Å². The molecule has 2 rings (SSSR count). The molecule has 1 aromatic heterocycles. The summed E-state index contributed by atoms with van der Waals surface area (Å²) in [6.45, 7) is 2.47. The van der Waals surface area contributed by atoms with Crippen LogP contribution in [-0.4, -0.2) is 16.4 Å². The summed E-state index contributed by atoms with van der Waals surface area (Å²) in [5.74, 6) is 0.249. The maximum Gasteiger partial charge on any atom is 0.314 e. The Hall–Kier alpha value is -1.75. The molecule has 0 bridgehead atoms. The Morgan fingerprint density at radius 1 is 1.33 bits per heavy atom. The average Bonchev–Trinajstić information content (AvgIpc) is 2.40. The Labute approximate surface area is 111 Å². The quantitative estimate of drug-likeness (QED) is 0.860. The lowest BCUT2D eigenvalue weighted by molar-refractivity contribution is 0.302. The van der Waals surface area contributed by atoms with Crippen molar-refractivity contribution in [1.29, 1.82) is 0 Å². The zero-order chi connectivity index (χ0) is 13.0. The second-order valence-corrected chi connectivity index (χ2v) is 4.24. The molecule has 0 atom stereocenters. The third-order valence-corrected chi connectivity index (χ3v) is 2.68. The fourth-order valence-electron chi connectivity index (χ4n) is 1.52. The smallest absolute Gasteiger partial charge is 0.314 e. The van der Waals surface area contributed by atoms with Gasteiger partial charge >= 0.3 is 5.56 Å². The van der Waals surface area contributed by atoms with Crippen LogP contribution in [0.2, 0.25) is 0 Å². The molecule has 1 heterocycles. The number of aromatic nitrogens is 2. The first kappa shape index (κ1) is 12.7. The molecular formula is C13H14N2O2S. The van der Waals surface area contributed by atoms with Gasteiger partial charge in [-0.2, -0.15) is 9.78 Å². The molecular weight excluding hydrogens is 248 g/mol. The lowest BCUT2D eigenvalue weighted by Gasteiger charge is -2.09. The molecule has 0 saturated heterocycles. The summed E-state index contributed by atoms with van der Waals surface area (Å²) in [5.41, 5.74) is 0.416. The van der Waals surface area contributed by atoms with Crippen LogP contribution in [0.15, 0.2) is 46.2 Å². The van der Waals surface area contributed by atoms with Crippen LogP contribution in [-0.2, 0) is 0 Å². The van der Waals surface area contributed by atoms with Crippen molar-refractivity contribution in [3.05, 3.63) is 46.9 Å². The summed E-state index contributed by atoms with van der Waals surface area (Å²) < 4.78 is 6.74. The average molecular weight is 262 g/mol. The highest BCUT2D eigenvalue weighted by molar-refractivity contribution is 7.80. The van der Waals surface area contributed by atoms with Crippen molar-refractivity contribution < 1.29 is 4.74 Å². The van der Waals surface area contributed by atoms with Crippen molar-refractivity contribution in [1.82, 2.24) is 9.78 Å². The van der Waals surface area contributed by atoms with Gasteiger partial charge in [-0.05, 0) is 18.6 Å². The lowest BCUT2D eigenvalue weighted by Crippen LogP contribution is -2.23. The first-order chi connectivity index (χ1) is 8.74. The van der Waals surface area contributed by atoms with Crippen LogP contribution >= 0.6 is 12.6 Å². The zero-order valence-corrected chi connectivity index (χ0v) is 10.9. The van der Waals surface area contributed by atoms with Gasteiger partial charge in [-0.25, -0.2) is 0 Å². The zero-order valence-electron chi connectivity index (χ0n) is 10.0. The highest BCUT2D eigenvalue weighted by atomic mass is 32.1. The Balaban J connectivity index is 2.48. The molecule has 5 heteroatoms. The molecule has 0 aliphatic heterocycles. The standard InChI is InChI=1S/C13H14N2O2S/c1-2-8-17-12-11(18)9-14-15(13(12)16)10-6-4-3-5-7-10/h3-7,9,18H,2,8H2,1H3. The van der Waals surface area contributed by atoms with Crippen molar-refractivity contribution >= 4 is 12.6 Å². The van der Waals surface area contributed by atoms with Crippen LogP contribution in [0.5, 0.6) is 5.75 Å². The Bertz CT molecular complexity index is 581. The Morgan fingerprint density at radius 3 is 2.72 bits per heavy atom. The number of rotatable bonds is 4. The molecule has 0 unspecified atom stereocenters. The number of hydrogen-bond acceptors (Lipinski definition) is 4. The highest BCUT2D eigenvalue weighted by Crippen LogP contribution is 2.17. The predicted molar refractivity (Wildman–Crippen MR) is 72.9 cm³/mol. The molecule has 0 amide bonds. The minimum atomic E-state index is -0.290. The Kier molecular flexibility index (Phi) is 4.04. The van der Waals surface area contributed by atoms with Crippen LogP contribution in [0.1, 0.15) is 13.3 Å². The normalized spacial score (nSPS) is 10.3. The third-order valence-electron chi connectivity index (χ3n) is 2.37. The van der Waals surface area contributed by atoms with Crippen molar-refractivity contribution in [2.45, 2.75) is 18.2 Å². The van der Waals surface area contributed by atoms with E-state index in [-0.39, 0.29) is 11.3 Å². The predicted octanol–water partition coefficient (Wildman–Crippen LogP) is 2.31. The van der Waals surface area contributed by atoms with Crippen molar-refractivity contribution in [3.63, 3.8) is 0 Å². The summed E-state index contributed by atoms with van der Waals surface area (Å²) >= 11 is 4.20.